The molecule has 1 heterocycles. The third-order valence-electron chi connectivity index (χ3n) is 3.89. The molecule has 3 rings (SSSR count). The first-order valence-corrected chi connectivity index (χ1v) is 8.05. The van der Waals surface area contributed by atoms with Crippen LogP contribution in [0.4, 0.5) is 5.69 Å². The van der Waals surface area contributed by atoms with Gasteiger partial charge >= 0.3 is 0 Å². The lowest BCUT2D eigenvalue weighted by Crippen LogP contribution is -2.27. The molecule has 2 aromatic rings. The predicted molar refractivity (Wildman–Crippen MR) is 86.5 cm³/mol. The van der Waals surface area contributed by atoms with E-state index in [2.05, 4.69) is 41.1 Å². The second kappa shape index (κ2) is 6.01. The van der Waals surface area contributed by atoms with Crippen LogP contribution in [0.15, 0.2) is 30.3 Å². The standard InChI is InChI=1S/C17H21ClN2/c1-2-9-20(12-13-7-8-13)17-10-14(11-18)19-16-6-4-3-5-15(16)17/h3-6,10,13H,2,7-9,11-12H2,1H3. The highest BCUT2D eigenvalue weighted by Gasteiger charge is 2.25. The Morgan fingerprint density at radius 3 is 2.80 bits per heavy atom. The fraction of sp³-hybridized carbons (Fsp3) is 0.471. The number of nitrogens with zero attached hydrogens (tertiary/aromatic N) is 2. The van der Waals surface area contributed by atoms with Crippen LogP contribution in [-0.2, 0) is 5.88 Å². The lowest BCUT2D eigenvalue weighted by molar-refractivity contribution is 0.709. The topological polar surface area (TPSA) is 16.1 Å². The van der Waals surface area contributed by atoms with E-state index in [1.807, 2.05) is 6.07 Å². The number of hydrogen-bond acceptors (Lipinski definition) is 2. The monoisotopic (exact) mass is 288 g/mol. The molecular weight excluding hydrogens is 268 g/mol. The first kappa shape index (κ1) is 13.7. The molecule has 1 aliphatic rings. The summed E-state index contributed by atoms with van der Waals surface area (Å²) in [5.74, 6) is 1.36. The van der Waals surface area contributed by atoms with E-state index in [0.29, 0.717) is 5.88 Å². The summed E-state index contributed by atoms with van der Waals surface area (Å²) >= 11 is 6.02. The van der Waals surface area contributed by atoms with Gasteiger partial charge in [0, 0.05) is 24.2 Å². The van der Waals surface area contributed by atoms with Crippen molar-refractivity contribution in [3.63, 3.8) is 0 Å². The van der Waals surface area contributed by atoms with Gasteiger partial charge in [-0.2, -0.15) is 0 Å². The van der Waals surface area contributed by atoms with Crippen LogP contribution in [-0.4, -0.2) is 18.1 Å². The van der Waals surface area contributed by atoms with Crippen LogP contribution in [0.5, 0.6) is 0 Å². The van der Waals surface area contributed by atoms with E-state index in [0.717, 1.165) is 23.7 Å². The summed E-state index contributed by atoms with van der Waals surface area (Å²) < 4.78 is 0. The SMILES string of the molecule is CCCN(CC1CC1)c1cc(CCl)nc2ccccc12. The number of hydrogen-bond donors (Lipinski definition) is 0. The number of rotatable bonds is 6. The van der Waals surface area contributed by atoms with E-state index in [1.54, 1.807) is 0 Å². The number of aromatic nitrogens is 1. The van der Waals surface area contributed by atoms with Gasteiger partial charge in [0.05, 0.1) is 17.1 Å². The van der Waals surface area contributed by atoms with Crippen molar-refractivity contribution >= 4 is 28.2 Å². The van der Waals surface area contributed by atoms with Crippen molar-refractivity contribution in [1.29, 1.82) is 0 Å². The van der Waals surface area contributed by atoms with Crippen molar-refractivity contribution in [1.82, 2.24) is 4.98 Å². The van der Waals surface area contributed by atoms with Crippen LogP contribution in [0.25, 0.3) is 10.9 Å². The Labute approximate surface area is 125 Å². The highest BCUT2D eigenvalue weighted by atomic mass is 35.5. The fourth-order valence-electron chi connectivity index (χ4n) is 2.73. The Morgan fingerprint density at radius 1 is 1.30 bits per heavy atom. The molecule has 0 amide bonds. The summed E-state index contributed by atoms with van der Waals surface area (Å²) in [6, 6.07) is 10.6. The zero-order chi connectivity index (χ0) is 13.9. The molecule has 0 unspecified atom stereocenters. The van der Waals surface area contributed by atoms with Crippen molar-refractivity contribution in [3.8, 4) is 0 Å². The molecule has 20 heavy (non-hydrogen) atoms. The Balaban J connectivity index is 2.05. The van der Waals surface area contributed by atoms with Gasteiger partial charge in [0.15, 0.2) is 0 Å². The van der Waals surface area contributed by atoms with Gasteiger partial charge in [0.2, 0.25) is 0 Å². The number of anilines is 1. The molecule has 1 aromatic carbocycles. The predicted octanol–water partition coefficient (Wildman–Crippen LogP) is 4.60. The number of halogens is 1. The number of pyridine rings is 1. The zero-order valence-corrected chi connectivity index (χ0v) is 12.7. The summed E-state index contributed by atoms with van der Waals surface area (Å²) in [4.78, 5) is 7.16. The van der Waals surface area contributed by atoms with Crippen molar-refractivity contribution < 1.29 is 0 Å². The van der Waals surface area contributed by atoms with Crippen LogP contribution < -0.4 is 4.90 Å². The van der Waals surface area contributed by atoms with E-state index in [4.69, 9.17) is 11.6 Å². The van der Waals surface area contributed by atoms with Crippen LogP contribution in [0.1, 0.15) is 31.9 Å². The van der Waals surface area contributed by atoms with E-state index in [1.165, 1.54) is 36.9 Å². The first-order valence-electron chi connectivity index (χ1n) is 7.51. The molecule has 0 saturated heterocycles. The van der Waals surface area contributed by atoms with Crippen LogP contribution in [0.3, 0.4) is 0 Å². The highest BCUT2D eigenvalue weighted by molar-refractivity contribution is 6.17. The Kier molecular flexibility index (Phi) is 4.11. The first-order chi connectivity index (χ1) is 9.81. The zero-order valence-electron chi connectivity index (χ0n) is 12.0. The van der Waals surface area contributed by atoms with Crippen molar-refractivity contribution in [3.05, 3.63) is 36.0 Å². The normalized spacial score (nSPS) is 14.7. The maximum absolute atomic E-state index is 6.02. The lowest BCUT2D eigenvalue weighted by Gasteiger charge is -2.26. The molecule has 0 atom stereocenters. The minimum absolute atomic E-state index is 0.473. The molecule has 0 N–H and O–H groups in total. The maximum Gasteiger partial charge on any atom is 0.0726 e. The van der Waals surface area contributed by atoms with Gasteiger partial charge in [0.1, 0.15) is 0 Å². The van der Waals surface area contributed by atoms with Gasteiger partial charge in [-0.3, -0.25) is 4.98 Å². The molecule has 1 fully saturated rings. The second-order valence-electron chi connectivity index (χ2n) is 5.67. The van der Waals surface area contributed by atoms with Crippen molar-refractivity contribution in [2.75, 3.05) is 18.0 Å². The van der Waals surface area contributed by atoms with Gasteiger partial charge in [-0.05, 0) is 37.3 Å². The van der Waals surface area contributed by atoms with Crippen molar-refractivity contribution in [2.24, 2.45) is 5.92 Å². The molecule has 2 nitrogen and oxygen atoms in total. The molecular formula is C17H21ClN2. The maximum atomic E-state index is 6.02. The summed E-state index contributed by atoms with van der Waals surface area (Å²) in [5.41, 5.74) is 3.33. The van der Waals surface area contributed by atoms with Gasteiger partial charge in [-0.15, -0.1) is 11.6 Å². The van der Waals surface area contributed by atoms with Gasteiger partial charge < -0.3 is 4.90 Å². The van der Waals surface area contributed by atoms with E-state index < -0.39 is 0 Å². The second-order valence-corrected chi connectivity index (χ2v) is 5.94. The molecule has 3 heteroatoms. The van der Waals surface area contributed by atoms with Gasteiger partial charge in [-0.25, -0.2) is 0 Å². The van der Waals surface area contributed by atoms with Crippen LogP contribution in [0.2, 0.25) is 0 Å². The van der Waals surface area contributed by atoms with Crippen molar-refractivity contribution in [2.45, 2.75) is 32.1 Å². The summed E-state index contributed by atoms with van der Waals surface area (Å²) in [7, 11) is 0. The smallest absolute Gasteiger partial charge is 0.0726 e. The summed E-state index contributed by atoms with van der Waals surface area (Å²) in [5, 5.41) is 1.25. The minimum atomic E-state index is 0.473. The summed E-state index contributed by atoms with van der Waals surface area (Å²) in [6.45, 7) is 4.52. The molecule has 0 spiro atoms. The molecule has 1 saturated carbocycles. The van der Waals surface area contributed by atoms with E-state index in [9.17, 15) is 0 Å². The number of para-hydroxylation sites is 1. The van der Waals surface area contributed by atoms with Crippen LogP contribution in [0, 0.1) is 5.92 Å². The molecule has 1 aliphatic carbocycles. The number of alkyl halides is 1. The van der Waals surface area contributed by atoms with Crippen LogP contribution >= 0.6 is 11.6 Å². The highest BCUT2D eigenvalue weighted by Crippen LogP contribution is 2.34. The number of fused-ring (bicyclic) bond motifs is 1. The molecule has 1 aromatic heterocycles. The Morgan fingerprint density at radius 2 is 2.10 bits per heavy atom. The molecule has 0 bridgehead atoms. The molecule has 106 valence electrons. The van der Waals surface area contributed by atoms with E-state index in [-0.39, 0.29) is 0 Å². The van der Waals surface area contributed by atoms with E-state index >= 15 is 0 Å². The average Bonchev–Trinajstić information content (AvgIpc) is 3.29. The Hall–Kier alpha value is -1.28. The lowest BCUT2D eigenvalue weighted by atomic mass is 10.1. The average molecular weight is 289 g/mol. The largest absolute Gasteiger partial charge is 0.371 e. The minimum Gasteiger partial charge on any atom is -0.371 e. The quantitative estimate of drug-likeness (QED) is 0.722. The fourth-order valence-corrected chi connectivity index (χ4v) is 2.87. The summed E-state index contributed by atoms with van der Waals surface area (Å²) in [6.07, 6.45) is 3.93. The molecule has 0 radical (unpaired) electrons. The van der Waals surface area contributed by atoms with Gasteiger partial charge in [0.25, 0.3) is 0 Å². The molecule has 0 aliphatic heterocycles. The van der Waals surface area contributed by atoms with Gasteiger partial charge in [-0.1, -0.05) is 25.1 Å². The third kappa shape index (κ3) is 2.90. The third-order valence-corrected chi connectivity index (χ3v) is 4.17. The Bertz CT molecular complexity index is 593. The number of benzene rings is 1.